The van der Waals surface area contributed by atoms with Crippen LogP contribution >= 0.6 is 0 Å². The van der Waals surface area contributed by atoms with Crippen molar-refractivity contribution in [2.24, 2.45) is 0 Å². The van der Waals surface area contributed by atoms with Crippen LogP contribution in [0.3, 0.4) is 0 Å². The Kier molecular flexibility index (Phi) is 5.89. The number of hydrogen-bond acceptors (Lipinski definition) is 8. The third-order valence-corrected chi connectivity index (χ3v) is 5.01. The zero-order valence-electron chi connectivity index (χ0n) is 17.2. The van der Waals surface area contributed by atoms with Crippen molar-refractivity contribution in [1.82, 2.24) is 30.2 Å². The molecule has 2 N–H and O–H groups in total. The third kappa shape index (κ3) is 4.24. The summed E-state index contributed by atoms with van der Waals surface area (Å²) in [7, 11) is 3.03. The van der Waals surface area contributed by atoms with E-state index in [-0.39, 0.29) is 11.5 Å². The van der Waals surface area contributed by atoms with Gasteiger partial charge < -0.3 is 20.1 Å². The van der Waals surface area contributed by atoms with E-state index in [1.54, 1.807) is 42.1 Å². The molecule has 1 aliphatic heterocycles. The Balaban J connectivity index is 1.70. The summed E-state index contributed by atoms with van der Waals surface area (Å²) in [6.07, 6.45) is 2.99. The number of nitrogens with zero attached hydrogens (tertiary/aromatic N) is 4. The van der Waals surface area contributed by atoms with Gasteiger partial charge >= 0.3 is 0 Å². The van der Waals surface area contributed by atoms with Gasteiger partial charge in [0.05, 0.1) is 37.2 Å². The maximum atomic E-state index is 13.1. The zero-order valence-corrected chi connectivity index (χ0v) is 17.2. The van der Waals surface area contributed by atoms with Crippen molar-refractivity contribution < 1.29 is 14.3 Å². The molecule has 31 heavy (non-hydrogen) atoms. The number of carbonyl (C=O) groups excluding carboxylic acids is 1. The first kappa shape index (κ1) is 20.5. The van der Waals surface area contributed by atoms with E-state index < -0.39 is 6.04 Å². The molecule has 1 atom stereocenters. The van der Waals surface area contributed by atoms with Gasteiger partial charge in [-0.15, -0.1) is 0 Å². The number of ether oxygens (including phenoxy) is 2. The van der Waals surface area contributed by atoms with Crippen LogP contribution in [-0.4, -0.2) is 52.7 Å². The van der Waals surface area contributed by atoms with Gasteiger partial charge in [-0.2, -0.15) is 0 Å². The van der Waals surface area contributed by atoms with Gasteiger partial charge in [-0.05, 0) is 18.2 Å². The maximum Gasteiger partial charge on any atom is 0.255 e. The molecule has 1 aliphatic rings. The number of benzene rings is 1. The van der Waals surface area contributed by atoms with Crippen molar-refractivity contribution in [3.63, 3.8) is 0 Å². The fraction of sp³-hybridized carbons (Fsp3) is 0.286. The fourth-order valence-electron chi connectivity index (χ4n) is 3.45. The summed E-state index contributed by atoms with van der Waals surface area (Å²) in [5, 5.41) is 6.22. The molecule has 4 rings (SSSR count). The number of amides is 1. The minimum absolute atomic E-state index is 0.205. The van der Waals surface area contributed by atoms with Crippen LogP contribution in [0.2, 0.25) is 0 Å². The third-order valence-electron chi connectivity index (χ3n) is 5.01. The predicted molar refractivity (Wildman–Crippen MR) is 112 cm³/mol. The van der Waals surface area contributed by atoms with Gasteiger partial charge in [0.25, 0.3) is 11.5 Å². The normalized spacial score (nSPS) is 15.5. The topological polar surface area (TPSA) is 120 Å². The predicted octanol–water partition coefficient (Wildman–Crippen LogP) is 0.792. The molecule has 1 amide bonds. The van der Waals surface area contributed by atoms with Gasteiger partial charge in [0.1, 0.15) is 23.7 Å². The van der Waals surface area contributed by atoms with E-state index in [1.807, 2.05) is 0 Å². The van der Waals surface area contributed by atoms with Gasteiger partial charge in [-0.3, -0.25) is 14.2 Å². The SMILES string of the molecule is COc1ccc(C(=O)NC2CNCCn3c2nc(-c2ccncn2)cc3=O)c(OC)c1. The van der Waals surface area contributed by atoms with Crippen LogP contribution in [-0.2, 0) is 6.54 Å². The van der Waals surface area contributed by atoms with Crippen molar-refractivity contribution in [3.05, 3.63) is 64.6 Å². The molecule has 1 unspecified atom stereocenters. The molecule has 0 fully saturated rings. The van der Waals surface area contributed by atoms with Gasteiger partial charge in [0.2, 0.25) is 0 Å². The molecule has 0 aliphatic carbocycles. The lowest BCUT2D eigenvalue weighted by Crippen LogP contribution is -2.37. The monoisotopic (exact) mass is 422 g/mol. The van der Waals surface area contributed by atoms with Crippen molar-refractivity contribution in [2.75, 3.05) is 27.3 Å². The number of hydrogen-bond donors (Lipinski definition) is 2. The molecule has 1 aromatic carbocycles. The molecule has 2 aromatic heterocycles. The number of nitrogens with one attached hydrogen (secondary N) is 2. The summed E-state index contributed by atoms with van der Waals surface area (Å²) in [4.78, 5) is 38.6. The summed E-state index contributed by atoms with van der Waals surface area (Å²) >= 11 is 0. The lowest BCUT2D eigenvalue weighted by Gasteiger charge is -2.20. The highest BCUT2D eigenvalue weighted by Gasteiger charge is 2.25. The van der Waals surface area contributed by atoms with Crippen molar-refractivity contribution in [2.45, 2.75) is 12.6 Å². The van der Waals surface area contributed by atoms with Crippen molar-refractivity contribution in [3.8, 4) is 22.9 Å². The average Bonchev–Trinajstić information content (AvgIpc) is 3.01. The highest BCUT2D eigenvalue weighted by atomic mass is 16.5. The van der Waals surface area contributed by atoms with E-state index in [2.05, 4.69) is 25.6 Å². The summed E-state index contributed by atoms with van der Waals surface area (Å²) in [6.45, 7) is 1.45. The highest BCUT2D eigenvalue weighted by molar-refractivity contribution is 5.97. The second kappa shape index (κ2) is 8.92. The lowest BCUT2D eigenvalue weighted by molar-refractivity contribution is 0.0931. The molecular weight excluding hydrogens is 400 g/mol. The Hall–Kier alpha value is -3.79. The van der Waals surface area contributed by atoms with E-state index >= 15 is 0 Å². The molecule has 0 bridgehead atoms. The summed E-state index contributed by atoms with van der Waals surface area (Å²) in [5.74, 6) is 1.09. The van der Waals surface area contributed by atoms with E-state index in [0.717, 1.165) is 0 Å². The number of aromatic nitrogens is 4. The molecule has 3 heterocycles. The summed E-state index contributed by atoms with van der Waals surface area (Å²) in [5.41, 5.74) is 1.12. The first-order chi connectivity index (χ1) is 15.1. The molecule has 0 spiro atoms. The zero-order chi connectivity index (χ0) is 21.8. The Morgan fingerprint density at radius 2 is 2.06 bits per heavy atom. The van der Waals surface area contributed by atoms with E-state index in [1.165, 1.54) is 19.5 Å². The van der Waals surface area contributed by atoms with Crippen LogP contribution in [0.1, 0.15) is 22.2 Å². The number of methoxy groups -OCH3 is 2. The van der Waals surface area contributed by atoms with Crippen LogP contribution in [0.4, 0.5) is 0 Å². The molecule has 10 heteroatoms. The lowest BCUT2D eigenvalue weighted by atomic mass is 10.1. The standard InChI is InChI=1S/C21H22N6O4/c1-30-13-3-4-14(18(9-13)31-2)21(29)26-17-11-22-7-8-27-19(28)10-16(25-20(17)27)15-5-6-23-12-24-15/h3-6,9-10,12,17,22H,7-8,11H2,1-2H3,(H,26,29). The van der Waals surface area contributed by atoms with Gasteiger partial charge in [0, 0.05) is 38.0 Å². The Morgan fingerprint density at radius 1 is 1.19 bits per heavy atom. The number of rotatable bonds is 5. The minimum atomic E-state index is -0.531. The molecule has 0 radical (unpaired) electrons. The smallest absolute Gasteiger partial charge is 0.255 e. The van der Waals surface area contributed by atoms with Crippen LogP contribution in [0.5, 0.6) is 11.5 Å². The summed E-state index contributed by atoms with van der Waals surface area (Å²) in [6, 6.07) is 7.56. The van der Waals surface area contributed by atoms with Crippen LogP contribution in [0.15, 0.2) is 47.7 Å². The van der Waals surface area contributed by atoms with E-state index in [9.17, 15) is 9.59 Å². The van der Waals surface area contributed by atoms with Gasteiger partial charge in [-0.1, -0.05) is 0 Å². The number of fused-ring (bicyclic) bond motifs is 1. The quantitative estimate of drug-likeness (QED) is 0.619. The second-order valence-electron chi connectivity index (χ2n) is 6.88. The van der Waals surface area contributed by atoms with E-state index in [4.69, 9.17) is 9.47 Å². The second-order valence-corrected chi connectivity index (χ2v) is 6.88. The van der Waals surface area contributed by atoms with Gasteiger partial charge in [0.15, 0.2) is 0 Å². The molecular formula is C21H22N6O4. The fourth-order valence-corrected chi connectivity index (χ4v) is 3.45. The Morgan fingerprint density at radius 3 is 2.81 bits per heavy atom. The van der Waals surface area contributed by atoms with E-state index in [0.29, 0.717) is 53.9 Å². The van der Waals surface area contributed by atoms with Crippen LogP contribution in [0, 0.1) is 0 Å². The van der Waals surface area contributed by atoms with Crippen LogP contribution < -0.4 is 25.7 Å². The first-order valence-electron chi connectivity index (χ1n) is 9.72. The molecule has 3 aromatic rings. The van der Waals surface area contributed by atoms with Crippen molar-refractivity contribution >= 4 is 5.91 Å². The Labute approximate surface area is 178 Å². The molecule has 0 saturated heterocycles. The highest BCUT2D eigenvalue weighted by Crippen LogP contribution is 2.25. The first-order valence-corrected chi connectivity index (χ1v) is 9.72. The molecule has 0 saturated carbocycles. The molecule has 10 nitrogen and oxygen atoms in total. The van der Waals surface area contributed by atoms with Crippen molar-refractivity contribution in [1.29, 1.82) is 0 Å². The maximum absolute atomic E-state index is 13.1. The van der Waals surface area contributed by atoms with Crippen LogP contribution in [0.25, 0.3) is 11.4 Å². The molecule has 160 valence electrons. The summed E-state index contributed by atoms with van der Waals surface area (Å²) < 4.78 is 12.1. The van der Waals surface area contributed by atoms with Gasteiger partial charge in [-0.25, -0.2) is 15.0 Å². The Bertz CT molecular complexity index is 1150. The minimum Gasteiger partial charge on any atom is -0.497 e. The largest absolute Gasteiger partial charge is 0.497 e. The average molecular weight is 422 g/mol. The number of carbonyl (C=O) groups is 1.